The molecule has 1 amide bonds. The van der Waals surface area contributed by atoms with Crippen molar-refractivity contribution in [1.29, 1.82) is 0 Å². The van der Waals surface area contributed by atoms with Crippen LogP contribution in [0.5, 0.6) is 0 Å². The molecule has 0 radical (unpaired) electrons. The maximum atomic E-state index is 13.2. The summed E-state index contributed by atoms with van der Waals surface area (Å²) in [5.41, 5.74) is 1.34. The molecule has 1 fully saturated rings. The minimum Gasteiger partial charge on any atom is -0.480 e. The van der Waals surface area contributed by atoms with E-state index in [1.54, 1.807) is 6.20 Å². The van der Waals surface area contributed by atoms with Gasteiger partial charge in [0, 0.05) is 49.6 Å². The summed E-state index contributed by atoms with van der Waals surface area (Å²) in [7, 11) is 1.83. The van der Waals surface area contributed by atoms with Gasteiger partial charge in [0.1, 0.15) is 6.04 Å². The van der Waals surface area contributed by atoms with Crippen LogP contribution >= 0.6 is 11.8 Å². The van der Waals surface area contributed by atoms with Crippen molar-refractivity contribution in [2.45, 2.75) is 37.5 Å². The first-order valence-electron chi connectivity index (χ1n) is 9.07. The number of amides is 1. The molecule has 0 spiro atoms. The normalized spacial score (nSPS) is 17.6. The minimum absolute atomic E-state index is 0.198. The van der Waals surface area contributed by atoms with Crippen molar-refractivity contribution in [3.8, 4) is 0 Å². The Bertz CT molecular complexity index is 951. The summed E-state index contributed by atoms with van der Waals surface area (Å²) < 4.78 is 1.83. The Morgan fingerprint density at radius 3 is 2.64 bits per heavy atom. The zero-order valence-corrected chi connectivity index (χ0v) is 16.6. The number of carbonyl (C=O) groups excluding carboxylic acids is 3. The van der Waals surface area contributed by atoms with Gasteiger partial charge in [0.05, 0.1) is 5.25 Å². The molecular formula is C20H22N2O5S. The fourth-order valence-corrected chi connectivity index (χ4v) is 4.56. The van der Waals surface area contributed by atoms with Crippen LogP contribution in [0.3, 0.4) is 0 Å². The van der Waals surface area contributed by atoms with Gasteiger partial charge in [-0.3, -0.25) is 14.4 Å². The van der Waals surface area contributed by atoms with E-state index in [1.807, 2.05) is 35.9 Å². The highest BCUT2D eigenvalue weighted by Crippen LogP contribution is 2.28. The molecule has 1 aromatic heterocycles. The van der Waals surface area contributed by atoms with Gasteiger partial charge in [0.15, 0.2) is 10.9 Å². The van der Waals surface area contributed by atoms with Crippen LogP contribution in [0.1, 0.15) is 36.5 Å². The third-order valence-electron chi connectivity index (χ3n) is 4.98. The van der Waals surface area contributed by atoms with Crippen molar-refractivity contribution in [3.05, 3.63) is 36.0 Å². The Labute approximate surface area is 166 Å². The van der Waals surface area contributed by atoms with Crippen LogP contribution < -0.4 is 0 Å². The van der Waals surface area contributed by atoms with E-state index in [0.29, 0.717) is 24.9 Å². The second kappa shape index (κ2) is 8.18. The zero-order chi connectivity index (χ0) is 20.4. The fourth-order valence-electron chi connectivity index (χ4n) is 3.70. The van der Waals surface area contributed by atoms with Gasteiger partial charge in [-0.1, -0.05) is 30.0 Å². The average molecular weight is 402 g/mol. The van der Waals surface area contributed by atoms with E-state index in [0.717, 1.165) is 22.7 Å². The Hall–Kier alpha value is -2.61. The Balaban J connectivity index is 1.87. The highest BCUT2D eigenvalue weighted by molar-refractivity contribution is 8.14. The number of likely N-dealkylation sites (tertiary alicyclic amines) is 1. The number of ketones is 1. The van der Waals surface area contributed by atoms with Crippen molar-refractivity contribution in [2.75, 3.05) is 6.54 Å². The third-order valence-corrected chi connectivity index (χ3v) is 5.98. The molecule has 28 heavy (non-hydrogen) atoms. The van der Waals surface area contributed by atoms with Gasteiger partial charge >= 0.3 is 5.97 Å². The SMILES string of the molecule is CC(=O)SC(CC(=O)N1CCC[C@H]1C(=O)O)C(=O)c1cn(C)c2ccccc12. The van der Waals surface area contributed by atoms with Gasteiger partial charge in [-0.05, 0) is 18.9 Å². The number of rotatable bonds is 6. The highest BCUT2D eigenvalue weighted by Gasteiger charge is 2.36. The van der Waals surface area contributed by atoms with Crippen molar-refractivity contribution in [1.82, 2.24) is 9.47 Å². The molecule has 8 heteroatoms. The lowest BCUT2D eigenvalue weighted by Gasteiger charge is -2.23. The Morgan fingerprint density at radius 2 is 1.96 bits per heavy atom. The number of hydrogen-bond donors (Lipinski definition) is 1. The average Bonchev–Trinajstić information content (AvgIpc) is 3.26. The molecule has 2 heterocycles. The van der Waals surface area contributed by atoms with E-state index >= 15 is 0 Å². The van der Waals surface area contributed by atoms with E-state index in [2.05, 4.69) is 0 Å². The van der Waals surface area contributed by atoms with Crippen molar-refractivity contribution in [3.63, 3.8) is 0 Å². The molecule has 148 valence electrons. The van der Waals surface area contributed by atoms with E-state index in [9.17, 15) is 24.3 Å². The molecule has 0 bridgehead atoms. The van der Waals surface area contributed by atoms with Crippen LogP contribution in [-0.2, 0) is 21.4 Å². The van der Waals surface area contributed by atoms with E-state index < -0.39 is 23.2 Å². The summed E-state index contributed by atoms with van der Waals surface area (Å²) in [5, 5.41) is 8.92. The first-order chi connectivity index (χ1) is 13.3. The largest absolute Gasteiger partial charge is 0.480 e. The molecule has 1 saturated heterocycles. The van der Waals surface area contributed by atoms with Gasteiger partial charge in [0.2, 0.25) is 5.91 Å². The molecule has 3 rings (SSSR count). The number of aryl methyl sites for hydroxylation is 1. The topological polar surface area (TPSA) is 96.7 Å². The lowest BCUT2D eigenvalue weighted by Crippen LogP contribution is -2.42. The molecule has 0 saturated carbocycles. The van der Waals surface area contributed by atoms with E-state index in [-0.39, 0.29) is 17.3 Å². The third kappa shape index (κ3) is 3.96. The number of para-hydroxylation sites is 1. The number of nitrogens with zero attached hydrogens (tertiary/aromatic N) is 2. The monoisotopic (exact) mass is 402 g/mol. The number of fused-ring (bicyclic) bond motifs is 1. The summed E-state index contributed by atoms with van der Waals surface area (Å²) in [5.74, 6) is -1.74. The van der Waals surface area contributed by atoms with Crippen LogP contribution in [0.2, 0.25) is 0 Å². The number of carboxylic acid groups (broad SMARTS) is 1. The van der Waals surface area contributed by atoms with E-state index in [1.165, 1.54) is 11.8 Å². The van der Waals surface area contributed by atoms with Gasteiger partial charge in [-0.2, -0.15) is 0 Å². The maximum Gasteiger partial charge on any atom is 0.326 e. The van der Waals surface area contributed by atoms with Gasteiger partial charge in [-0.25, -0.2) is 4.79 Å². The van der Waals surface area contributed by atoms with Crippen molar-refractivity contribution in [2.24, 2.45) is 7.05 Å². The van der Waals surface area contributed by atoms with Crippen LogP contribution in [0, 0.1) is 0 Å². The summed E-state index contributed by atoms with van der Waals surface area (Å²) >= 11 is 0.824. The molecule has 1 aliphatic heterocycles. The molecule has 7 nitrogen and oxygen atoms in total. The van der Waals surface area contributed by atoms with Gasteiger partial charge < -0.3 is 14.6 Å². The predicted octanol–water partition coefficient (Wildman–Crippen LogP) is 2.47. The quantitative estimate of drug-likeness (QED) is 0.746. The number of hydrogen-bond acceptors (Lipinski definition) is 5. The van der Waals surface area contributed by atoms with Gasteiger partial charge in [-0.15, -0.1) is 0 Å². The van der Waals surface area contributed by atoms with E-state index in [4.69, 9.17) is 0 Å². The maximum absolute atomic E-state index is 13.2. The molecule has 1 aliphatic rings. The number of Topliss-reactive ketones (excluding diaryl/α,β-unsaturated/α-hetero) is 1. The minimum atomic E-state index is -1.04. The van der Waals surface area contributed by atoms with Crippen LogP contribution in [0.15, 0.2) is 30.5 Å². The number of aliphatic carboxylic acids is 1. The Kier molecular flexibility index (Phi) is 5.88. The first-order valence-corrected chi connectivity index (χ1v) is 9.95. The summed E-state index contributed by atoms with van der Waals surface area (Å²) in [6.45, 7) is 1.71. The van der Waals surface area contributed by atoms with Gasteiger partial charge in [0.25, 0.3) is 0 Å². The van der Waals surface area contributed by atoms with Crippen molar-refractivity contribution < 1.29 is 24.3 Å². The van der Waals surface area contributed by atoms with Crippen molar-refractivity contribution >= 4 is 45.4 Å². The Morgan fingerprint density at radius 1 is 1.25 bits per heavy atom. The number of carboxylic acids is 1. The number of carbonyl (C=O) groups is 4. The van der Waals surface area contributed by atoms with Crippen LogP contribution in [0.25, 0.3) is 10.9 Å². The summed E-state index contributed by atoms with van der Waals surface area (Å²) in [4.78, 5) is 50.3. The molecule has 1 unspecified atom stereocenters. The van der Waals surface area contributed by atoms with Crippen LogP contribution in [-0.4, -0.2) is 55.2 Å². The molecule has 2 atom stereocenters. The number of benzene rings is 1. The molecule has 1 N–H and O–H groups in total. The predicted molar refractivity (Wildman–Crippen MR) is 106 cm³/mol. The second-order valence-electron chi connectivity index (χ2n) is 6.92. The first kappa shape index (κ1) is 20.1. The molecular weight excluding hydrogens is 380 g/mol. The molecule has 2 aromatic rings. The standard InChI is InChI=1S/C20H22N2O5S/c1-12(23)28-17(10-18(24)22-9-5-8-16(22)20(26)27)19(25)14-11-21(2)15-7-4-3-6-13(14)15/h3-4,6-7,11,16-17H,5,8-10H2,1-2H3,(H,26,27)/t16-,17?/m0/s1. The number of aromatic nitrogens is 1. The zero-order valence-electron chi connectivity index (χ0n) is 15.8. The smallest absolute Gasteiger partial charge is 0.326 e. The fraction of sp³-hybridized carbons (Fsp3) is 0.400. The number of thioether (sulfide) groups is 1. The summed E-state index contributed by atoms with van der Waals surface area (Å²) in [6.07, 6.45) is 2.53. The molecule has 1 aromatic carbocycles. The summed E-state index contributed by atoms with van der Waals surface area (Å²) in [6, 6.07) is 6.58. The lowest BCUT2D eigenvalue weighted by atomic mass is 10.0. The lowest BCUT2D eigenvalue weighted by molar-refractivity contribution is -0.148. The second-order valence-corrected chi connectivity index (χ2v) is 8.30. The van der Waals surface area contributed by atoms with Crippen LogP contribution in [0.4, 0.5) is 0 Å². The highest BCUT2D eigenvalue weighted by atomic mass is 32.2. The molecule has 0 aliphatic carbocycles.